The Morgan fingerprint density at radius 3 is 2.53 bits per heavy atom. The van der Waals surface area contributed by atoms with Crippen molar-refractivity contribution in [3.05, 3.63) is 53.9 Å². The molecule has 7 nitrogen and oxygen atoms in total. The van der Waals surface area contributed by atoms with Crippen molar-refractivity contribution in [2.75, 3.05) is 20.1 Å². The van der Waals surface area contributed by atoms with Crippen molar-refractivity contribution in [3.63, 3.8) is 0 Å². The quantitative estimate of drug-likeness (QED) is 0.714. The van der Waals surface area contributed by atoms with Crippen LogP contribution in [0.5, 0.6) is 0 Å². The number of nitrogens with zero attached hydrogens (tertiary/aromatic N) is 3. The molecule has 2 saturated heterocycles. The fourth-order valence-corrected chi connectivity index (χ4v) is 6.08. The smallest absolute Gasteiger partial charge is 0.269 e. The lowest BCUT2D eigenvalue weighted by molar-refractivity contribution is -0.139. The van der Waals surface area contributed by atoms with E-state index in [0.29, 0.717) is 31.2 Å². The maximum Gasteiger partial charge on any atom is 0.269 e. The average Bonchev–Trinajstić information content (AvgIpc) is 3.37. The number of carbonyl (C=O) groups is 2. The fourth-order valence-electron chi connectivity index (χ4n) is 6.08. The van der Waals surface area contributed by atoms with E-state index in [-0.39, 0.29) is 11.8 Å². The summed E-state index contributed by atoms with van der Waals surface area (Å²) in [6, 6.07) is 12.3. The summed E-state index contributed by atoms with van der Waals surface area (Å²) in [5, 5.41) is 13.1. The first kappa shape index (κ1) is 23.0. The molecule has 2 N–H and O–H groups in total. The third-order valence-corrected chi connectivity index (χ3v) is 7.93. The average molecular weight is 463 g/mol. The van der Waals surface area contributed by atoms with Crippen LogP contribution in [0.4, 0.5) is 0 Å². The Morgan fingerprint density at radius 1 is 1.12 bits per heavy atom. The SMILES string of the molecule is CNC(=O)c1ccc(-c2ccc(CN3C[C@H](O)C[C@]34CCN(C3CCCCC3)C4=O)cc2)cn1. The van der Waals surface area contributed by atoms with E-state index in [4.69, 9.17) is 0 Å². The molecule has 1 spiro atoms. The van der Waals surface area contributed by atoms with E-state index in [1.54, 1.807) is 19.3 Å². The molecule has 34 heavy (non-hydrogen) atoms. The molecule has 3 fully saturated rings. The lowest BCUT2D eigenvalue weighted by atomic mass is 9.91. The van der Waals surface area contributed by atoms with Crippen LogP contribution in [0.3, 0.4) is 0 Å². The summed E-state index contributed by atoms with van der Waals surface area (Å²) in [7, 11) is 1.59. The lowest BCUT2D eigenvalue weighted by Gasteiger charge is -2.36. The van der Waals surface area contributed by atoms with Gasteiger partial charge in [0.05, 0.1) is 6.10 Å². The van der Waals surface area contributed by atoms with Crippen molar-refractivity contribution < 1.29 is 14.7 Å². The van der Waals surface area contributed by atoms with Gasteiger partial charge in [0.15, 0.2) is 0 Å². The molecule has 1 aromatic carbocycles. The predicted molar refractivity (Wildman–Crippen MR) is 130 cm³/mol. The van der Waals surface area contributed by atoms with Gasteiger partial charge >= 0.3 is 0 Å². The van der Waals surface area contributed by atoms with Gasteiger partial charge in [-0.1, -0.05) is 49.6 Å². The molecule has 1 saturated carbocycles. The summed E-state index contributed by atoms with van der Waals surface area (Å²) >= 11 is 0. The highest BCUT2D eigenvalue weighted by Gasteiger charge is 2.56. The molecule has 180 valence electrons. The Hall–Kier alpha value is -2.77. The molecule has 0 bridgehead atoms. The van der Waals surface area contributed by atoms with Gasteiger partial charge < -0.3 is 15.3 Å². The zero-order chi connectivity index (χ0) is 23.7. The van der Waals surface area contributed by atoms with Crippen molar-refractivity contribution >= 4 is 11.8 Å². The molecule has 2 aliphatic heterocycles. The van der Waals surface area contributed by atoms with Gasteiger partial charge in [-0.3, -0.25) is 19.5 Å². The first-order valence-electron chi connectivity index (χ1n) is 12.5. The topological polar surface area (TPSA) is 85.8 Å². The number of pyridine rings is 1. The summed E-state index contributed by atoms with van der Waals surface area (Å²) < 4.78 is 0. The van der Waals surface area contributed by atoms with Gasteiger partial charge in [-0.2, -0.15) is 0 Å². The molecule has 2 atom stereocenters. The van der Waals surface area contributed by atoms with Gasteiger partial charge in [-0.05, 0) is 36.5 Å². The summed E-state index contributed by atoms with van der Waals surface area (Å²) in [6.45, 7) is 2.00. The van der Waals surface area contributed by atoms with E-state index in [1.165, 1.54) is 19.3 Å². The largest absolute Gasteiger partial charge is 0.392 e. The van der Waals surface area contributed by atoms with E-state index in [2.05, 4.69) is 44.4 Å². The molecule has 3 heterocycles. The number of nitrogens with one attached hydrogen (secondary N) is 1. The number of aliphatic hydroxyl groups excluding tert-OH is 1. The van der Waals surface area contributed by atoms with Gasteiger partial charge in [0, 0.05) is 50.9 Å². The Labute approximate surface area is 201 Å². The Balaban J connectivity index is 1.29. The van der Waals surface area contributed by atoms with Gasteiger partial charge in [0.2, 0.25) is 5.91 Å². The number of hydrogen-bond acceptors (Lipinski definition) is 5. The Bertz CT molecular complexity index is 1030. The predicted octanol–water partition coefficient (Wildman–Crippen LogP) is 2.98. The molecular formula is C27H34N4O3. The maximum absolute atomic E-state index is 13.6. The summed E-state index contributed by atoms with van der Waals surface area (Å²) in [6.07, 6.45) is 8.53. The van der Waals surface area contributed by atoms with Crippen LogP contribution in [0.15, 0.2) is 42.6 Å². The molecule has 5 rings (SSSR count). The zero-order valence-electron chi connectivity index (χ0n) is 19.9. The highest BCUT2D eigenvalue weighted by atomic mass is 16.3. The van der Waals surface area contributed by atoms with Crippen LogP contribution < -0.4 is 5.32 Å². The van der Waals surface area contributed by atoms with Crippen LogP contribution in [0.25, 0.3) is 11.1 Å². The number of aromatic nitrogens is 1. The van der Waals surface area contributed by atoms with Crippen LogP contribution in [-0.4, -0.2) is 69.5 Å². The number of likely N-dealkylation sites (tertiary alicyclic amines) is 2. The minimum absolute atomic E-state index is 0.202. The number of aliphatic hydroxyl groups is 1. The van der Waals surface area contributed by atoms with E-state index in [1.807, 2.05) is 6.07 Å². The molecule has 2 amide bonds. The number of hydrogen-bond donors (Lipinski definition) is 2. The van der Waals surface area contributed by atoms with Crippen molar-refractivity contribution in [3.8, 4) is 11.1 Å². The monoisotopic (exact) mass is 462 g/mol. The summed E-state index contributed by atoms with van der Waals surface area (Å²) in [4.78, 5) is 34.0. The third-order valence-electron chi connectivity index (χ3n) is 7.93. The lowest BCUT2D eigenvalue weighted by Crippen LogP contribution is -2.51. The minimum Gasteiger partial charge on any atom is -0.392 e. The molecule has 3 aliphatic rings. The normalized spacial score (nSPS) is 25.9. The second-order valence-corrected chi connectivity index (χ2v) is 10.0. The van der Waals surface area contributed by atoms with Crippen molar-refractivity contribution in [1.29, 1.82) is 0 Å². The maximum atomic E-state index is 13.6. The van der Waals surface area contributed by atoms with Crippen LogP contribution in [0.2, 0.25) is 0 Å². The Kier molecular flexibility index (Phi) is 6.40. The van der Waals surface area contributed by atoms with E-state index < -0.39 is 11.6 Å². The summed E-state index contributed by atoms with van der Waals surface area (Å²) in [5.41, 5.74) is 2.92. The second kappa shape index (κ2) is 9.47. The molecule has 0 radical (unpaired) electrons. The van der Waals surface area contributed by atoms with Crippen LogP contribution >= 0.6 is 0 Å². The number of carbonyl (C=O) groups excluding carboxylic acids is 2. The number of rotatable bonds is 5. The Morgan fingerprint density at radius 2 is 1.85 bits per heavy atom. The van der Waals surface area contributed by atoms with Crippen LogP contribution in [0.1, 0.15) is 61.0 Å². The van der Waals surface area contributed by atoms with Gasteiger partial charge in [-0.15, -0.1) is 0 Å². The van der Waals surface area contributed by atoms with E-state index in [0.717, 1.165) is 42.5 Å². The van der Waals surface area contributed by atoms with Crippen molar-refractivity contribution in [2.45, 2.75) is 69.2 Å². The second-order valence-electron chi connectivity index (χ2n) is 10.0. The minimum atomic E-state index is -0.560. The molecule has 1 aromatic heterocycles. The van der Waals surface area contributed by atoms with E-state index in [9.17, 15) is 14.7 Å². The molecule has 1 aliphatic carbocycles. The van der Waals surface area contributed by atoms with Crippen molar-refractivity contribution in [1.82, 2.24) is 20.1 Å². The van der Waals surface area contributed by atoms with E-state index >= 15 is 0 Å². The fraction of sp³-hybridized carbons (Fsp3) is 0.519. The first-order chi connectivity index (χ1) is 16.5. The molecule has 7 heteroatoms. The molecule has 2 aromatic rings. The highest BCUT2D eigenvalue weighted by Crippen LogP contribution is 2.42. The number of amides is 2. The number of benzene rings is 1. The zero-order valence-corrected chi connectivity index (χ0v) is 19.9. The number of β-amino-alcohol motifs (C(OH)–C–C–N with tert-alkyl or cyclic N) is 1. The van der Waals surface area contributed by atoms with Gasteiger partial charge in [-0.25, -0.2) is 0 Å². The van der Waals surface area contributed by atoms with Crippen LogP contribution in [0, 0.1) is 0 Å². The summed E-state index contributed by atoms with van der Waals surface area (Å²) in [5.74, 6) is 0.0296. The highest BCUT2D eigenvalue weighted by molar-refractivity contribution is 5.92. The third kappa shape index (κ3) is 4.23. The first-order valence-corrected chi connectivity index (χ1v) is 12.5. The van der Waals surface area contributed by atoms with Crippen molar-refractivity contribution in [2.24, 2.45) is 0 Å². The standard InChI is InChI=1S/C27H34N4O3/c1-28-25(33)24-12-11-21(16-29-24)20-9-7-19(8-10-20)17-30-18-23(32)15-27(30)13-14-31(26(27)34)22-5-3-2-4-6-22/h7-12,16,22-23,32H,2-6,13-15,17-18H2,1H3,(H,28,33)/t23-,27+/m1/s1. The van der Waals surface area contributed by atoms with Crippen LogP contribution in [-0.2, 0) is 11.3 Å². The molecular weight excluding hydrogens is 428 g/mol. The molecule has 0 unspecified atom stereocenters. The van der Waals surface area contributed by atoms with Gasteiger partial charge in [0.1, 0.15) is 11.2 Å². The van der Waals surface area contributed by atoms with Gasteiger partial charge in [0.25, 0.3) is 5.91 Å².